The first-order valence-electron chi connectivity index (χ1n) is 5.49. The van der Waals surface area contributed by atoms with Gasteiger partial charge in [0.25, 0.3) is 0 Å². The zero-order valence-electron chi connectivity index (χ0n) is 10.2. The van der Waals surface area contributed by atoms with Crippen LogP contribution in [-0.4, -0.2) is 9.55 Å². The van der Waals surface area contributed by atoms with E-state index < -0.39 is 0 Å². The number of rotatable bonds is 1. The molecule has 17 heavy (non-hydrogen) atoms. The smallest absolute Gasteiger partial charge is 0.132 e. The average Bonchev–Trinajstić information content (AvgIpc) is 2.60. The van der Waals surface area contributed by atoms with E-state index in [0.29, 0.717) is 17.1 Å². The summed E-state index contributed by atoms with van der Waals surface area (Å²) in [6.07, 6.45) is 1.65. The maximum atomic E-state index is 13.7. The molecule has 0 aliphatic carbocycles. The van der Waals surface area contributed by atoms with Crippen LogP contribution in [0.2, 0.25) is 0 Å². The highest BCUT2D eigenvalue weighted by Crippen LogP contribution is 2.29. The average molecular weight is 233 g/mol. The summed E-state index contributed by atoms with van der Waals surface area (Å²) in [6, 6.07) is 6.51. The minimum absolute atomic E-state index is 0.166. The van der Waals surface area contributed by atoms with Gasteiger partial charge in [-0.1, -0.05) is 12.1 Å². The molecular formula is C13H16FN3. The number of aromatic nitrogens is 2. The molecule has 1 heterocycles. The zero-order chi connectivity index (χ0) is 12.6. The predicted octanol–water partition coefficient (Wildman–Crippen LogP) is 3.03. The molecule has 0 spiro atoms. The van der Waals surface area contributed by atoms with Crippen LogP contribution in [-0.2, 0) is 5.54 Å². The summed E-state index contributed by atoms with van der Waals surface area (Å²) >= 11 is 0. The topological polar surface area (TPSA) is 43.8 Å². The number of nitrogen functional groups attached to an aromatic ring is 1. The number of nitrogens with two attached hydrogens (primary N) is 1. The van der Waals surface area contributed by atoms with Crippen LogP contribution in [0, 0.1) is 5.82 Å². The van der Waals surface area contributed by atoms with Gasteiger partial charge in [-0.15, -0.1) is 0 Å². The second-order valence-electron chi connectivity index (χ2n) is 5.00. The molecule has 0 radical (unpaired) electrons. The third-order valence-electron chi connectivity index (χ3n) is 2.66. The molecule has 0 saturated heterocycles. The van der Waals surface area contributed by atoms with Crippen LogP contribution in [0.15, 0.2) is 30.6 Å². The summed E-state index contributed by atoms with van der Waals surface area (Å²) in [4.78, 5) is 4.21. The number of halogens is 1. The van der Waals surface area contributed by atoms with Gasteiger partial charge >= 0.3 is 0 Å². The SMILES string of the molecule is CC(C)(C)n1cnc(-c2ccccc2F)c1N. The Bertz CT molecular complexity index is 538. The number of anilines is 1. The Morgan fingerprint density at radius 2 is 1.88 bits per heavy atom. The van der Waals surface area contributed by atoms with Gasteiger partial charge in [-0.3, -0.25) is 0 Å². The Morgan fingerprint density at radius 1 is 1.24 bits per heavy atom. The van der Waals surface area contributed by atoms with Crippen molar-refractivity contribution in [3.05, 3.63) is 36.4 Å². The van der Waals surface area contributed by atoms with Crippen LogP contribution in [0.5, 0.6) is 0 Å². The van der Waals surface area contributed by atoms with E-state index in [2.05, 4.69) is 4.98 Å². The molecule has 90 valence electrons. The lowest BCUT2D eigenvalue weighted by molar-refractivity contribution is 0.402. The van der Waals surface area contributed by atoms with Crippen molar-refractivity contribution >= 4 is 5.82 Å². The molecule has 0 amide bonds. The lowest BCUT2D eigenvalue weighted by Gasteiger charge is -2.22. The predicted molar refractivity (Wildman–Crippen MR) is 67.0 cm³/mol. The Balaban J connectivity index is 2.56. The van der Waals surface area contributed by atoms with Gasteiger partial charge in [0.1, 0.15) is 17.3 Å². The van der Waals surface area contributed by atoms with Crippen molar-refractivity contribution in [2.24, 2.45) is 0 Å². The Morgan fingerprint density at radius 3 is 2.41 bits per heavy atom. The molecule has 2 aromatic rings. The van der Waals surface area contributed by atoms with E-state index in [9.17, 15) is 4.39 Å². The van der Waals surface area contributed by atoms with Crippen LogP contribution < -0.4 is 5.73 Å². The van der Waals surface area contributed by atoms with E-state index >= 15 is 0 Å². The Labute approximate surface area is 100 Å². The second kappa shape index (κ2) is 3.87. The molecule has 0 saturated carbocycles. The first kappa shape index (κ1) is 11.6. The van der Waals surface area contributed by atoms with Crippen molar-refractivity contribution in [3.63, 3.8) is 0 Å². The highest BCUT2D eigenvalue weighted by Gasteiger charge is 2.20. The molecule has 3 nitrogen and oxygen atoms in total. The lowest BCUT2D eigenvalue weighted by Crippen LogP contribution is -2.22. The van der Waals surface area contributed by atoms with Crippen molar-refractivity contribution in [2.75, 3.05) is 5.73 Å². The fourth-order valence-electron chi connectivity index (χ4n) is 1.75. The van der Waals surface area contributed by atoms with Gasteiger partial charge in [-0.05, 0) is 32.9 Å². The van der Waals surface area contributed by atoms with Crippen LogP contribution in [0.4, 0.5) is 10.2 Å². The molecule has 1 aromatic heterocycles. The van der Waals surface area contributed by atoms with Gasteiger partial charge in [0.05, 0.1) is 6.33 Å². The third-order valence-corrected chi connectivity index (χ3v) is 2.66. The summed E-state index contributed by atoms with van der Waals surface area (Å²) in [5.74, 6) is 0.181. The molecule has 2 rings (SSSR count). The standard InChI is InChI=1S/C13H16FN3/c1-13(2,3)17-8-16-11(12(17)15)9-6-4-5-7-10(9)14/h4-8H,15H2,1-3H3. The van der Waals surface area contributed by atoms with E-state index in [1.54, 1.807) is 24.5 Å². The minimum atomic E-state index is -0.307. The van der Waals surface area contributed by atoms with Crippen molar-refractivity contribution in [1.29, 1.82) is 0 Å². The maximum absolute atomic E-state index is 13.7. The molecular weight excluding hydrogens is 217 g/mol. The van der Waals surface area contributed by atoms with Crippen molar-refractivity contribution < 1.29 is 4.39 Å². The molecule has 0 unspecified atom stereocenters. The van der Waals surface area contributed by atoms with E-state index in [0.717, 1.165) is 0 Å². The number of nitrogens with zero attached hydrogens (tertiary/aromatic N) is 2. The Hall–Kier alpha value is -1.84. The molecule has 0 aliphatic heterocycles. The van der Waals surface area contributed by atoms with Gasteiger partial charge in [0, 0.05) is 11.1 Å². The van der Waals surface area contributed by atoms with E-state index in [4.69, 9.17) is 5.73 Å². The molecule has 4 heteroatoms. The van der Waals surface area contributed by atoms with Gasteiger partial charge < -0.3 is 10.3 Å². The Kier molecular flexibility index (Phi) is 2.65. The van der Waals surface area contributed by atoms with Crippen molar-refractivity contribution in [3.8, 4) is 11.3 Å². The lowest BCUT2D eigenvalue weighted by atomic mass is 10.1. The number of imidazole rings is 1. The molecule has 0 fully saturated rings. The summed E-state index contributed by atoms with van der Waals surface area (Å²) in [6.45, 7) is 6.07. The monoisotopic (exact) mass is 233 g/mol. The first-order chi connectivity index (χ1) is 7.91. The summed E-state index contributed by atoms with van der Waals surface area (Å²) < 4.78 is 15.5. The van der Waals surface area contributed by atoms with Crippen LogP contribution in [0.1, 0.15) is 20.8 Å². The second-order valence-corrected chi connectivity index (χ2v) is 5.00. The van der Waals surface area contributed by atoms with Crippen molar-refractivity contribution in [2.45, 2.75) is 26.3 Å². The third kappa shape index (κ3) is 2.02. The van der Waals surface area contributed by atoms with Gasteiger partial charge in [0.2, 0.25) is 0 Å². The van der Waals surface area contributed by atoms with Crippen molar-refractivity contribution in [1.82, 2.24) is 9.55 Å². The first-order valence-corrected chi connectivity index (χ1v) is 5.49. The highest BCUT2D eigenvalue weighted by molar-refractivity contribution is 5.71. The number of hydrogen-bond acceptors (Lipinski definition) is 2. The molecule has 0 bridgehead atoms. The maximum Gasteiger partial charge on any atom is 0.132 e. The molecule has 2 N–H and O–H groups in total. The normalized spacial score (nSPS) is 11.8. The van der Waals surface area contributed by atoms with E-state index in [1.165, 1.54) is 6.07 Å². The molecule has 0 aliphatic rings. The van der Waals surface area contributed by atoms with Crippen LogP contribution in [0.3, 0.4) is 0 Å². The van der Waals surface area contributed by atoms with Gasteiger partial charge in [-0.25, -0.2) is 9.37 Å². The van der Waals surface area contributed by atoms with Crippen LogP contribution in [0.25, 0.3) is 11.3 Å². The zero-order valence-corrected chi connectivity index (χ0v) is 10.2. The fourth-order valence-corrected chi connectivity index (χ4v) is 1.75. The van der Waals surface area contributed by atoms with E-state index in [-0.39, 0.29) is 11.4 Å². The quantitative estimate of drug-likeness (QED) is 0.822. The summed E-state index contributed by atoms with van der Waals surface area (Å²) in [5.41, 5.74) is 6.79. The highest BCUT2D eigenvalue weighted by atomic mass is 19.1. The number of hydrogen-bond donors (Lipinski definition) is 1. The summed E-state index contributed by atoms with van der Waals surface area (Å²) in [7, 11) is 0. The van der Waals surface area contributed by atoms with Gasteiger partial charge in [0.15, 0.2) is 0 Å². The summed E-state index contributed by atoms with van der Waals surface area (Å²) in [5, 5.41) is 0. The van der Waals surface area contributed by atoms with E-state index in [1.807, 2.05) is 25.3 Å². The van der Waals surface area contributed by atoms with Gasteiger partial charge in [-0.2, -0.15) is 0 Å². The minimum Gasteiger partial charge on any atom is -0.383 e. The number of benzene rings is 1. The molecule has 1 aromatic carbocycles. The van der Waals surface area contributed by atoms with Crippen LogP contribution >= 0.6 is 0 Å². The largest absolute Gasteiger partial charge is 0.383 e. The molecule has 0 atom stereocenters. The fraction of sp³-hybridized carbons (Fsp3) is 0.308.